The maximum atomic E-state index is 10.2. The third-order valence-corrected chi connectivity index (χ3v) is 2.32. The summed E-state index contributed by atoms with van der Waals surface area (Å²) in [4.78, 5) is 10.2. The monoisotopic (exact) mass is 193 g/mol. The topological polar surface area (TPSA) is 49.3 Å². The van der Waals surface area contributed by atoms with Crippen LogP contribution in [0.2, 0.25) is 0 Å². The second kappa shape index (κ2) is 6.12. The molecule has 0 fully saturated rings. The number of hydrogen-bond donors (Lipinski definition) is 2. The molecule has 0 aromatic heterocycles. The summed E-state index contributed by atoms with van der Waals surface area (Å²) in [6.45, 7) is 4.08. The highest BCUT2D eigenvalue weighted by atomic mass is 35.5. The van der Waals surface area contributed by atoms with Crippen LogP contribution in [0.25, 0.3) is 0 Å². The molecule has 3 nitrogen and oxygen atoms in total. The molecule has 12 heavy (non-hydrogen) atoms. The lowest BCUT2D eigenvalue weighted by Crippen LogP contribution is -2.34. The number of amides is 1. The molecule has 0 rings (SSSR count). The van der Waals surface area contributed by atoms with Gasteiger partial charge in [-0.3, -0.25) is 0 Å². The lowest BCUT2D eigenvalue weighted by atomic mass is 10.0. The first-order valence-electron chi connectivity index (χ1n) is 4.25. The Balaban J connectivity index is 3.84. The Morgan fingerprint density at radius 3 is 2.50 bits per heavy atom. The van der Waals surface area contributed by atoms with Gasteiger partial charge in [0.05, 0.1) is 0 Å². The van der Waals surface area contributed by atoms with Crippen LogP contribution in [0.4, 0.5) is 4.79 Å². The number of rotatable bonds is 5. The molecule has 0 aliphatic rings. The summed E-state index contributed by atoms with van der Waals surface area (Å²) in [6, 6.07) is 0. The average molecular weight is 194 g/mol. The van der Waals surface area contributed by atoms with Gasteiger partial charge >= 0.3 is 6.09 Å². The van der Waals surface area contributed by atoms with Gasteiger partial charge in [-0.2, -0.15) is 0 Å². The van der Waals surface area contributed by atoms with Crippen LogP contribution in [0.15, 0.2) is 0 Å². The summed E-state index contributed by atoms with van der Waals surface area (Å²) in [5.41, 5.74) is -0.451. The van der Waals surface area contributed by atoms with Crippen molar-refractivity contribution in [3.63, 3.8) is 0 Å². The van der Waals surface area contributed by atoms with Gasteiger partial charge in [0, 0.05) is 0 Å². The van der Waals surface area contributed by atoms with E-state index < -0.39 is 11.6 Å². The van der Waals surface area contributed by atoms with E-state index in [9.17, 15) is 4.79 Å². The Hall–Kier alpha value is -0.440. The van der Waals surface area contributed by atoms with Crippen molar-refractivity contribution in [2.24, 2.45) is 5.92 Å². The quantitative estimate of drug-likeness (QED) is 0.521. The molecule has 0 saturated heterocycles. The summed E-state index contributed by atoms with van der Waals surface area (Å²) in [5, 5.41) is 10.7. The molecule has 72 valence electrons. The van der Waals surface area contributed by atoms with Crippen LogP contribution in [-0.4, -0.2) is 16.7 Å². The first-order chi connectivity index (χ1) is 5.61. The number of carboxylic acid groups (broad SMARTS) is 1. The highest BCUT2D eigenvalue weighted by Gasteiger charge is 2.17. The highest BCUT2D eigenvalue weighted by molar-refractivity contribution is 6.21. The summed E-state index contributed by atoms with van der Waals surface area (Å²) in [6.07, 6.45) is 1.85. The molecule has 0 radical (unpaired) electrons. The Labute approximate surface area is 78.1 Å². The van der Waals surface area contributed by atoms with Crippen molar-refractivity contribution in [1.82, 2.24) is 5.32 Å². The Morgan fingerprint density at radius 2 is 2.17 bits per heavy atom. The fraction of sp³-hybridized carbons (Fsp3) is 0.875. The highest BCUT2D eigenvalue weighted by Crippen LogP contribution is 2.18. The van der Waals surface area contributed by atoms with Crippen LogP contribution in [0.5, 0.6) is 0 Å². The Kier molecular flexibility index (Phi) is 5.89. The van der Waals surface area contributed by atoms with E-state index in [0.29, 0.717) is 0 Å². The summed E-state index contributed by atoms with van der Waals surface area (Å²) in [7, 11) is 0. The Morgan fingerprint density at radius 1 is 1.58 bits per heavy atom. The normalized spacial score (nSPS) is 15.2. The zero-order valence-corrected chi connectivity index (χ0v) is 8.27. The van der Waals surface area contributed by atoms with Crippen LogP contribution in [0.1, 0.15) is 33.1 Å². The molecule has 0 spiro atoms. The minimum Gasteiger partial charge on any atom is -0.465 e. The second-order valence-corrected chi connectivity index (χ2v) is 3.28. The molecule has 2 N–H and O–H groups in total. The molecule has 0 aliphatic carbocycles. The average Bonchev–Trinajstić information content (AvgIpc) is 1.98. The van der Waals surface area contributed by atoms with Crippen LogP contribution in [0, 0.1) is 5.92 Å². The molecular weight excluding hydrogens is 178 g/mol. The standard InChI is InChI=1S/C8H16ClNO2/c1-3-5-6(4-2)7(9)10-8(11)12/h6-7,10H,3-5H2,1-2H3,(H,11,12). The van der Waals surface area contributed by atoms with Gasteiger partial charge in [-0.25, -0.2) is 4.79 Å². The first kappa shape index (κ1) is 11.6. The number of hydrogen-bond acceptors (Lipinski definition) is 1. The molecule has 0 aromatic carbocycles. The molecular formula is C8H16ClNO2. The van der Waals surface area contributed by atoms with Crippen molar-refractivity contribution < 1.29 is 9.90 Å². The van der Waals surface area contributed by atoms with Gasteiger partial charge in [-0.15, -0.1) is 0 Å². The second-order valence-electron chi connectivity index (χ2n) is 2.81. The van der Waals surface area contributed by atoms with Gasteiger partial charge in [-0.1, -0.05) is 38.3 Å². The van der Waals surface area contributed by atoms with Crippen LogP contribution < -0.4 is 5.32 Å². The predicted molar refractivity (Wildman–Crippen MR) is 49.5 cm³/mol. The smallest absolute Gasteiger partial charge is 0.405 e. The summed E-state index contributed by atoms with van der Waals surface area (Å²) >= 11 is 5.83. The van der Waals surface area contributed by atoms with Crippen LogP contribution in [-0.2, 0) is 0 Å². The maximum absolute atomic E-state index is 10.2. The van der Waals surface area contributed by atoms with Crippen molar-refractivity contribution in [2.45, 2.75) is 38.6 Å². The fourth-order valence-corrected chi connectivity index (χ4v) is 1.56. The molecule has 4 heteroatoms. The van der Waals surface area contributed by atoms with E-state index in [1.807, 2.05) is 6.92 Å². The molecule has 2 atom stereocenters. The Bertz CT molecular complexity index is 141. The van der Waals surface area contributed by atoms with E-state index in [1.165, 1.54) is 0 Å². The van der Waals surface area contributed by atoms with Crippen molar-refractivity contribution in [1.29, 1.82) is 0 Å². The molecule has 0 saturated carbocycles. The first-order valence-corrected chi connectivity index (χ1v) is 4.69. The van der Waals surface area contributed by atoms with Gasteiger partial charge in [0.1, 0.15) is 5.50 Å². The van der Waals surface area contributed by atoms with E-state index in [4.69, 9.17) is 16.7 Å². The number of halogens is 1. The SMILES string of the molecule is CCCC(CC)C(Cl)NC(=O)O. The number of alkyl halides is 1. The van der Waals surface area contributed by atoms with Gasteiger partial charge in [0.15, 0.2) is 0 Å². The van der Waals surface area contributed by atoms with Crippen molar-refractivity contribution in [3.8, 4) is 0 Å². The van der Waals surface area contributed by atoms with Crippen molar-refractivity contribution in [2.75, 3.05) is 0 Å². The molecule has 0 aromatic rings. The van der Waals surface area contributed by atoms with E-state index in [2.05, 4.69) is 12.2 Å². The van der Waals surface area contributed by atoms with Gasteiger partial charge in [-0.05, 0) is 12.3 Å². The van der Waals surface area contributed by atoms with Crippen LogP contribution in [0.3, 0.4) is 0 Å². The molecule has 1 amide bonds. The zero-order valence-electron chi connectivity index (χ0n) is 7.51. The van der Waals surface area contributed by atoms with Gasteiger partial charge < -0.3 is 10.4 Å². The van der Waals surface area contributed by atoms with E-state index in [-0.39, 0.29) is 5.92 Å². The van der Waals surface area contributed by atoms with Crippen molar-refractivity contribution in [3.05, 3.63) is 0 Å². The fourth-order valence-electron chi connectivity index (χ4n) is 1.16. The number of nitrogens with one attached hydrogen (secondary N) is 1. The van der Waals surface area contributed by atoms with Gasteiger partial charge in [0.2, 0.25) is 0 Å². The lowest BCUT2D eigenvalue weighted by molar-refractivity contribution is 0.189. The zero-order chi connectivity index (χ0) is 9.56. The maximum Gasteiger partial charge on any atom is 0.405 e. The molecule has 2 unspecified atom stereocenters. The summed E-state index contributed by atoms with van der Waals surface area (Å²) in [5.74, 6) is 0.243. The van der Waals surface area contributed by atoms with E-state index in [0.717, 1.165) is 19.3 Å². The molecule has 0 heterocycles. The van der Waals surface area contributed by atoms with E-state index in [1.54, 1.807) is 0 Å². The van der Waals surface area contributed by atoms with Crippen LogP contribution >= 0.6 is 11.6 Å². The molecule has 0 bridgehead atoms. The van der Waals surface area contributed by atoms with E-state index >= 15 is 0 Å². The van der Waals surface area contributed by atoms with Crippen molar-refractivity contribution >= 4 is 17.7 Å². The third-order valence-electron chi connectivity index (χ3n) is 1.86. The lowest BCUT2D eigenvalue weighted by Gasteiger charge is -2.19. The summed E-state index contributed by atoms with van der Waals surface area (Å²) < 4.78 is 0. The largest absolute Gasteiger partial charge is 0.465 e. The number of carbonyl (C=O) groups is 1. The molecule has 0 aliphatic heterocycles. The minimum absolute atomic E-state index is 0.243. The predicted octanol–water partition coefficient (Wildman–Crippen LogP) is 2.65. The third kappa shape index (κ3) is 4.44. The minimum atomic E-state index is -1.05. The van der Waals surface area contributed by atoms with Gasteiger partial charge in [0.25, 0.3) is 0 Å².